The molecule has 6 heteroatoms. The maximum Gasteiger partial charge on any atom is 0.239 e. The van der Waals surface area contributed by atoms with E-state index in [0.717, 1.165) is 36.8 Å². The van der Waals surface area contributed by atoms with E-state index in [9.17, 15) is 4.79 Å². The third-order valence-corrected chi connectivity index (χ3v) is 4.18. The van der Waals surface area contributed by atoms with Gasteiger partial charge in [-0.15, -0.1) is 0 Å². The molecule has 0 bridgehead atoms. The molecule has 1 aromatic rings. The van der Waals surface area contributed by atoms with Gasteiger partial charge in [0.05, 0.1) is 13.1 Å². The summed E-state index contributed by atoms with van der Waals surface area (Å²) in [5.74, 6) is 0.958. The number of benzene rings is 1. The van der Waals surface area contributed by atoms with Crippen molar-refractivity contribution in [2.75, 3.05) is 37.6 Å². The van der Waals surface area contributed by atoms with Gasteiger partial charge in [0.1, 0.15) is 0 Å². The predicted octanol–water partition coefficient (Wildman–Crippen LogP) is 1.87. The summed E-state index contributed by atoms with van der Waals surface area (Å²) in [6, 6.07) is 8.33. The summed E-state index contributed by atoms with van der Waals surface area (Å²) in [6.07, 6.45) is 3.63. The molecule has 25 heavy (non-hydrogen) atoms. The number of carbonyl (C=O) groups excluding carboxylic acids is 1. The van der Waals surface area contributed by atoms with Crippen molar-refractivity contribution in [1.29, 1.82) is 0 Å². The van der Waals surface area contributed by atoms with E-state index in [1.165, 1.54) is 19.3 Å². The molecule has 1 amide bonds. The van der Waals surface area contributed by atoms with Crippen molar-refractivity contribution in [2.24, 2.45) is 4.99 Å². The number of amides is 1. The van der Waals surface area contributed by atoms with E-state index < -0.39 is 0 Å². The van der Waals surface area contributed by atoms with Crippen LogP contribution in [0.3, 0.4) is 0 Å². The van der Waals surface area contributed by atoms with Gasteiger partial charge in [-0.1, -0.05) is 31.9 Å². The van der Waals surface area contributed by atoms with Crippen LogP contribution >= 0.6 is 0 Å². The molecular weight excluding hydrogens is 314 g/mol. The first kappa shape index (κ1) is 19.1. The van der Waals surface area contributed by atoms with Gasteiger partial charge in [-0.2, -0.15) is 0 Å². The van der Waals surface area contributed by atoms with Crippen molar-refractivity contribution >= 4 is 17.6 Å². The number of guanidine groups is 1. The Balaban J connectivity index is 1.88. The molecule has 1 aliphatic heterocycles. The molecule has 0 unspecified atom stereocenters. The maximum atomic E-state index is 11.5. The second-order valence-corrected chi connectivity index (χ2v) is 6.27. The van der Waals surface area contributed by atoms with Gasteiger partial charge in [-0.05, 0) is 31.0 Å². The molecule has 1 fully saturated rings. The van der Waals surface area contributed by atoms with Crippen LogP contribution in [0.2, 0.25) is 0 Å². The summed E-state index contributed by atoms with van der Waals surface area (Å²) in [5, 5.41) is 9.51. The fourth-order valence-electron chi connectivity index (χ4n) is 2.77. The number of hydrogen-bond acceptors (Lipinski definition) is 3. The number of nitrogens with one attached hydrogen (secondary N) is 3. The Morgan fingerprint density at radius 1 is 1.20 bits per heavy atom. The minimum Gasteiger partial charge on any atom is -0.360 e. The standard InChI is InChI=1S/C19H31N5O/c1-3-5-6-11-22-19(20-4-2)23-14-16-7-9-17(10-8-16)24-13-12-21-18(25)15-24/h7-10H,3-6,11-15H2,1-2H3,(H,21,25)(H2,20,22,23). The molecule has 0 saturated carbocycles. The Morgan fingerprint density at radius 3 is 2.68 bits per heavy atom. The summed E-state index contributed by atoms with van der Waals surface area (Å²) in [7, 11) is 0. The molecule has 3 N–H and O–H groups in total. The van der Waals surface area contributed by atoms with Crippen molar-refractivity contribution in [3.63, 3.8) is 0 Å². The van der Waals surface area contributed by atoms with Gasteiger partial charge in [0.25, 0.3) is 0 Å². The van der Waals surface area contributed by atoms with Gasteiger partial charge in [0.2, 0.25) is 5.91 Å². The lowest BCUT2D eigenvalue weighted by atomic mass is 10.2. The van der Waals surface area contributed by atoms with Crippen LogP contribution in [0.4, 0.5) is 5.69 Å². The van der Waals surface area contributed by atoms with Crippen LogP contribution in [0.25, 0.3) is 0 Å². The van der Waals surface area contributed by atoms with E-state index in [1.807, 2.05) is 0 Å². The zero-order valence-electron chi connectivity index (χ0n) is 15.5. The molecule has 1 heterocycles. The third kappa shape index (κ3) is 6.64. The Kier molecular flexibility index (Phi) is 8.09. The lowest BCUT2D eigenvalue weighted by Gasteiger charge is -2.28. The van der Waals surface area contributed by atoms with Crippen molar-refractivity contribution in [3.8, 4) is 0 Å². The summed E-state index contributed by atoms with van der Waals surface area (Å²) < 4.78 is 0. The number of aliphatic imine (C=N–C) groups is 1. The lowest BCUT2D eigenvalue weighted by molar-refractivity contribution is -0.120. The number of rotatable bonds is 8. The Labute approximate surface area is 151 Å². The highest BCUT2D eigenvalue weighted by Crippen LogP contribution is 2.16. The molecule has 0 radical (unpaired) electrons. The fraction of sp³-hybridized carbons (Fsp3) is 0.579. The SMILES string of the molecule is CCCCCNC(=NCc1ccc(N2CCNC(=O)C2)cc1)NCC. The highest BCUT2D eigenvalue weighted by molar-refractivity contribution is 5.82. The number of piperazine rings is 1. The first-order valence-electron chi connectivity index (χ1n) is 9.35. The van der Waals surface area contributed by atoms with Gasteiger partial charge < -0.3 is 20.9 Å². The Bertz CT molecular complexity index is 555. The zero-order chi connectivity index (χ0) is 17.9. The smallest absolute Gasteiger partial charge is 0.239 e. The van der Waals surface area contributed by atoms with Crippen LogP contribution in [-0.2, 0) is 11.3 Å². The third-order valence-electron chi connectivity index (χ3n) is 4.18. The quantitative estimate of drug-likeness (QED) is 0.382. The topological polar surface area (TPSA) is 68.8 Å². The fourth-order valence-corrected chi connectivity index (χ4v) is 2.77. The highest BCUT2D eigenvalue weighted by atomic mass is 16.2. The summed E-state index contributed by atoms with van der Waals surface area (Å²) in [6.45, 7) is 8.74. The van der Waals surface area contributed by atoms with Crippen LogP contribution in [-0.4, -0.2) is 44.6 Å². The first-order chi connectivity index (χ1) is 12.2. The van der Waals surface area contributed by atoms with Gasteiger partial charge >= 0.3 is 0 Å². The Hall–Kier alpha value is -2.24. The van der Waals surface area contributed by atoms with Gasteiger partial charge in [-0.25, -0.2) is 4.99 Å². The monoisotopic (exact) mass is 345 g/mol. The summed E-state index contributed by atoms with van der Waals surface area (Å²) >= 11 is 0. The lowest BCUT2D eigenvalue weighted by Crippen LogP contribution is -2.47. The van der Waals surface area contributed by atoms with Gasteiger partial charge in [0.15, 0.2) is 5.96 Å². The molecule has 0 aliphatic carbocycles. The predicted molar refractivity (Wildman–Crippen MR) is 104 cm³/mol. The molecular formula is C19H31N5O. The Morgan fingerprint density at radius 2 is 2.00 bits per heavy atom. The first-order valence-corrected chi connectivity index (χ1v) is 9.35. The highest BCUT2D eigenvalue weighted by Gasteiger charge is 2.16. The van der Waals surface area contributed by atoms with E-state index in [4.69, 9.17) is 0 Å². The normalized spacial score (nSPS) is 15.0. The molecule has 2 rings (SSSR count). The van der Waals surface area contributed by atoms with E-state index in [2.05, 4.69) is 64.0 Å². The average Bonchev–Trinajstić information content (AvgIpc) is 2.63. The average molecular weight is 345 g/mol. The van der Waals surface area contributed by atoms with Gasteiger partial charge in [0, 0.05) is 31.9 Å². The number of unbranched alkanes of at least 4 members (excludes halogenated alkanes) is 2. The molecule has 1 saturated heterocycles. The van der Waals surface area contributed by atoms with E-state index in [0.29, 0.717) is 19.6 Å². The van der Waals surface area contributed by atoms with Crippen LogP contribution in [0, 0.1) is 0 Å². The summed E-state index contributed by atoms with van der Waals surface area (Å²) in [4.78, 5) is 18.3. The number of nitrogens with zero attached hydrogens (tertiary/aromatic N) is 2. The molecule has 0 aromatic heterocycles. The summed E-state index contributed by atoms with van der Waals surface area (Å²) in [5.41, 5.74) is 2.25. The molecule has 0 atom stereocenters. The van der Waals surface area contributed by atoms with Crippen LogP contribution < -0.4 is 20.9 Å². The van der Waals surface area contributed by atoms with Crippen LogP contribution in [0.1, 0.15) is 38.7 Å². The van der Waals surface area contributed by atoms with E-state index >= 15 is 0 Å². The van der Waals surface area contributed by atoms with Crippen LogP contribution in [0.15, 0.2) is 29.3 Å². The molecule has 138 valence electrons. The second kappa shape index (κ2) is 10.6. The largest absolute Gasteiger partial charge is 0.360 e. The minimum absolute atomic E-state index is 0.0874. The molecule has 1 aromatic carbocycles. The van der Waals surface area contributed by atoms with Crippen LogP contribution in [0.5, 0.6) is 0 Å². The molecule has 0 spiro atoms. The van der Waals surface area contributed by atoms with Crippen molar-refractivity contribution in [1.82, 2.24) is 16.0 Å². The minimum atomic E-state index is 0.0874. The van der Waals surface area contributed by atoms with Crippen molar-refractivity contribution in [3.05, 3.63) is 29.8 Å². The number of hydrogen-bond donors (Lipinski definition) is 3. The van der Waals surface area contributed by atoms with E-state index in [-0.39, 0.29) is 5.91 Å². The second-order valence-electron chi connectivity index (χ2n) is 6.27. The van der Waals surface area contributed by atoms with E-state index in [1.54, 1.807) is 0 Å². The number of carbonyl (C=O) groups is 1. The number of anilines is 1. The zero-order valence-corrected chi connectivity index (χ0v) is 15.5. The van der Waals surface area contributed by atoms with Gasteiger partial charge in [-0.3, -0.25) is 4.79 Å². The molecule has 6 nitrogen and oxygen atoms in total. The van der Waals surface area contributed by atoms with Crippen molar-refractivity contribution < 1.29 is 4.79 Å². The molecule has 1 aliphatic rings. The maximum absolute atomic E-state index is 11.5. The van der Waals surface area contributed by atoms with Crippen molar-refractivity contribution in [2.45, 2.75) is 39.7 Å².